The smallest absolute Gasteiger partial charge is 0.191 e. The summed E-state index contributed by atoms with van der Waals surface area (Å²) in [6, 6.07) is 0. The van der Waals surface area contributed by atoms with E-state index < -0.39 is 0 Å². The van der Waals surface area contributed by atoms with E-state index in [0.29, 0.717) is 0 Å². The number of halogens is 1. The lowest BCUT2D eigenvalue weighted by Crippen LogP contribution is -2.38. The van der Waals surface area contributed by atoms with Gasteiger partial charge in [0.05, 0.1) is 16.4 Å². The third-order valence-corrected chi connectivity index (χ3v) is 5.47. The number of nitrogens with zero attached hydrogens (tertiary/aromatic N) is 4. The summed E-state index contributed by atoms with van der Waals surface area (Å²) in [5.41, 5.74) is 4.80. The van der Waals surface area contributed by atoms with Crippen molar-refractivity contribution in [3.63, 3.8) is 0 Å². The summed E-state index contributed by atoms with van der Waals surface area (Å²) < 4.78 is 1.95. The summed E-state index contributed by atoms with van der Waals surface area (Å²) in [5, 5.41) is 12.4. The van der Waals surface area contributed by atoms with Crippen LogP contribution in [0.1, 0.15) is 39.5 Å². The standard InChI is InChI=1S/C18H30N6S.HI/c1-7-19-18(21-11-9-17-22-12(2)15(5)25-17)20-10-8-16-13(3)23-24(6)14(16)4;/h7-11H2,1-6H3,(H2,19,20,21);1H. The number of thiazole rings is 1. The molecule has 0 aliphatic rings. The molecule has 0 aromatic carbocycles. The molecule has 0 fully saturated rings. The van der Waals surface area contributed by atoms with E-state index in [1.165, 1.54) is 16.1 Å². The van der Waals surface area contributed by atoms with Gasteiger partial charge in [-0.25, -0.2) is 4.98 Å². The van der Waals surface area contributed by atoms with E-state index in [1.54, 1.807) is 11.3 Å². The molecule has 2 rings (SSSR count). The Morgan fingerprint density at radius 2 is 1.85 bits per heavy atom. The van der Waals surface area contributed by atoms with E-state index >= 15 is 0 Å². The molecule has 0 aliphatic carbocycles. The van der Waals surface area contributed by atoms with Gasteiger partial charge in [0.25, 0.3) is 0 Å². The molecule has 0 saturated carbocycles. The minimum absolute atomic E-state index is 0. The summed E-state index contributed by atoms with van der Waals surface area (Å²) in [6.07, 6.45) is 1.83. The van der Waals surface area contributed by atoms with Crippen molar-refractivity contribution in [1.29, 1.82) is 0 Å². The van der Waals surface area contributed by atoms with Crippen LogP contribution in [-0.2, 0) is 19.9 Å². The molecule has 2 heterocycles. The molecule has 2 N–H and O–H groups in total. The number of aryl methyl sites for hydroxylation is 4. The lowest BCUT2D eigenvalue weighted by atomic mass is 10.1. The monoisotopic (exact) mass is 490 g/mol. The van der Waals surface area contributed by atoms with Crippen molar-refractivity contribution in [2.24, 2.45) is 12.0 Å². The van der Waals surface area contributed by atoms with E-state index in [-0.39, 0.29) is 24.0 Å². The Morgan fingerprint density at radius 1 is 1.12 bits per heavy atom. The number of rotatable bonds is 7. The van der Waals surface area contributed by atoms with Crippen LogP contribution in [0.3, 0.4) is 0 Å². The fourth-order valence-electron chi connectivity index (χ4n) is 2.74. The second-order valence-electron chi connectivity index (χ2n) is 6.21. The van der Waals surface area contributed by atoms with Crippen LogP contribution >= 0.6 is 35.3 Å². The molecule has 0 unspecified atom stereocenters. The summed E-state index contributed by atoms with van der Waals surface area (Å²) in [7, 11) is 1.99. The summed E-state index contributed by atoms with van der Waals surface area (Å²) in [4.78, 5) is 10.5. The normalized spacial score (nSPS) is 11.4. The van der Waals surface area contributed by atoms with Crippen LogP contribution in [0.25, 0.3) is 0 Å². The van der Waals surface area contributed by atoms with Gasteiger partial charge in [-0.3, -0.25) is 9.67 Å². The highest BCUT2D eigenvalue weighted by Gasteiger charge is 2.09. The van der Waals surface area contributed by atoms with E-state index in [1.807, 2.05) is 11.7 Å². The maximum Gasteiger partial charge on any atom is 0.191 e. The quantitative estimate of drug-likeness (QED) is 0.356. The van der Waals surface area contributed by atoms with Gasteiger partial charge < -0.3 is 10.6 Å². The number of guanidine groups is 1. The average Bonchev–Trinajstić information content (AvgIpc) is 3.00. The van der Waals surface area contributed by atoms with Gasteiger partial charge in [0.1, 0.15) is 0 Å². The Balaban J connectivity index is 0.00000338. The van der Waals surface area contributed by atoms with Crippen molar-refractivity contribution in [3.8, 4) is 0 Å². The van der Waals surface area contributed by atoms with Crippen molar-refractivity contribution in [1.82, 2.24) is 25.4 Å². The molecular weight excluding hydrogens is 459 g/mol. The fraction of sp³-hybridized carbons (Fsp3) is 0.611. The molecule has 2 aromatic heterocycles. The molecule has 0 atom stereocenters. The largest absolute Gasteiger partial charge is 0.357 e. The van der Waals surface area contributed by atoms with Crippen LogP contribution in [-0.4, -0.2) is 40.4 Å². The van der Waals surface area contributed by atoms with Crippen LogP contribution in [0.15, 0.2) is 4.99 Å². The molecule has 0 bridgehead atoms. The van der Waals surface area contributed by atoms with E-state index in [2.05, 4.69) is 60.3 Å². The molecular formula is C18H31IN6S. The van der Waals surface area contributed by atoms with Crippen molar-refractivity contribution in [3.05, 3.63) is 32.5 Å². The Hall–Kier alpha value is -1.16. The van der Waals surface area contributed by atoms with Crippen LogP contribution in [0.4, 0.5) is 0 Å². The Morgan fingerprint density at radius 3 is 2.38 bits per heavy atom. The first kappa shape index (κ1) is 22.9. The fourth-order valence-corrected chi connectivity index (χ4v) is 3.66. The van der Waals surface area contributed by atoms with Gasteiger partial charge in [-0.2, -0.15) is 5.10 Å². The lowest BCUT2D eigenvalue weighted by Gasteiger charge is -2.11. The van der Waals surface area contributed by atoms with Crippen LogP contribution in [0.2, 0.25) is 0 Å². The molecule has 0 spiro atoms. The number of hydrogen-bond donors (Lipinski definition) is 2. The maximum absolute atomic E-state index is 4.67. The zero-order chi connectivity index (χ0) is 18.4. The van der Waals surface area contributed by atoms with Crippen LogP contribution in [0, 0.1) is 27.7 Å². The van der Waals surface area contributed by atoms with Gasteiger partial charge in [0.15, 0.2) is 5.96 Å². The Bertz CT molecular complexity index is 715. The first-order valence-corrected chi connectivity index (χ1v) is 9.68. The predicted molar refractivity (Wildman–Crippen MR) is 121 cm³/mol. The summed E-state index contributed by atoms with van der Waals surface area (Å²) in [5.74, 6) is 0.867. The summed E-state index contributed by atoms with van der Waals surface area (Å²) in [6.45, 7) is 12.9. The molecule has 6 nitrogen and oxygen atoms in total. The highest BCUT2D eigenvalue weighted by atomic mass is 127. The van der Waals surface area contributed by atoms with Crippen molar-refractivity contribution in [2.75, 3.05) is 19.6 Å². The Kier molecular flexibility index (Phi) is 9.56. The first-order chi connectivity index (χ1) is 11.9. The molecule has 0 radical (unpaired) electrons. The molecule has 0 aliphatic heterocycles. The van der Waals surface area contributed by atoms with Gasteiger partial charge in [0, 0.05) is 43.7 Å². The van der Waals surface area contributed by atoms with Gasteiger partial charge in [-0.15, -0.1) is 35.3 Å². The van der Waals surface area contributed by atoms with Gasteiger partial charge >= 0.3 is 0 Å². The average molecular weight is 490 g/mol. The van der Waals surface area contributed by atoms with E-state index in [0.717, 1.165) is 54.8 Å². The highest BCUT2D eigenvalue weighted by molar-refractivity contribution is 14.0. The minimum atomic E-state index is 0. The second-order valence-corrected chi connectivity index (χ2v) is 7.50. The number of hydrogen-bond acceptors (Lipinski definition) is 4. The number of aromatic nitrogens is 3. The second kappa shape index (κ2) is 10.9. The molecule has 8 heteroatoms. The SMILES string of the molecule is CCNC(=NCCc1nc(C)c(C)s1)NCCc1c(C)nn(C)c1C.I. The van der Waals surface area contributed by atoms with Gasteiger partial charge in [-0.05, 0) is 46.6 Å². The van der Waals surface area contributed by atoms with Crippen molar-refractivity contribution in [2.45, 2.75) is 47.5 Å². The minimum Gasteiger partial charge on any atom is -0.357 e. The molecule has 0 amide bonds. The zero-order valence-corrected chi connectivity index (χ0v) is 19.8. The third kappa shape index (κ3) is 6.22. The van der Waals surface area contributed by atoms with Gasteiger partial charge in [-0.1, -0.05) is 0 Å². The topological polar surface area (TPSA) is 67.1 Å². The number of aliphatic imine (C=N–C) groups is 1. The highest BCUT2D eigenvalue weighted by Crippen LogP contribution is 2.16. The molecule has 2 aromatic rings. The number of nitrogens with one attached hydrogen (secondary N) is 2. The van der Waals surface area contributed by atoms with Crippen molar-refractivity contribution >= 4 is 41.3 Å². The molecule has 0 saturated heterocycles. The van der Waals surface area contributed by atoms with Crippen LogP contribution in [0.5, 0.6) is 0 Å². The van der Waals surface area contributed by atoms with Crippen molar-refractivity contribution < 1.29 is 0 Å². The summed E-state index contributed by atoms with van der Waals surface area (Å²) >= 11 is 1.77. The van der Waals surface area contributed by atoms with Crippen LogP contribution < -0.4 is 10.6 Å². The zero-order valence-electron chi connectivity index (χ0n) is 16.6. The predicted octanol–water partition coefficient (Wildman–Crippen LogP) is 3.07. The lowest BCUT2D eigenvalue weighted by molar-refractivity contribution is 0.729. The Labute approximate surface area is 177 Å². The maximum atomic E-state index is 4.67. The molecule has 146 valence electrons. The van der Waals surface area contributed by atoms with E-state index in [4.69, 9.17) is 0 Å². The third-order valence-electron chi connectivity index (χ3n) is 4.34. The molecule has 26 heavy (non-hydrogen) atoms. The van der Waals surface area contributed by atoms with Gasteiger partial charge in [0.2, 0.25) is 0 Å². The van der Waals surface area contributed by atoms with E-state index in [9.17, 15) is 0 Å². The first-order valence-electron chi connectivity index (χ1n) is 8.86.